The Hall–Kier alpha value is -2.69. The summed E-state index contributed by atoms with van der Waals surface area (Å²) in [4.78, 5) is 10.5. The van der Waals surface area contributed by atoms with E-state index in [-0.39, 0.29) is 0 Å². The Bertz CT molecular complexity index is 746. The van der Waals surface area contributed by atoms with Crippen LogP contribution in [0.4, 0.5) is 5.82 Å². The Morgan fingerprint density at radius 3 is 2.48 bits per heavy atom. The molecule has 0 fully saturated rings. The lowest BCUT2D eigenvalue weighted by Crippen LogP contribution is -2.12. The van der Waals surface area contributed by atoms with Crippen LogP contribution in [0.1, 0.15) is 5.69 Å². The van der Waals surface area contributed by atoms with E-state index in [0.29, 0.717) is 0 Å². The highest BCUT2D eigenvalue weighted by molar-refractivity contribution is 5.62. The van der Waals surface area contributed by atoms with Crippen molar-refractivity contribution in [3.8, 4) is 17.1 Å². The van der Waals surface area contributed by atoms with Crippen molar-refractivity contribution in [2.45, 2.75) is 6.92 Å². The topological polar surface area (TPSA) is 46.8 Å². The Labute approximate surface area is 123 Å². The largest absolute Gasteiger partial charge is 0.363 e. The number of rotatable bonds is 3. The molecule has 0 bridgehead atoms. The van der Waals surface area contributed by atoms with Crippen molar-refractivity contribution in [1.29, 1.82) is 0 Å². The van der Waals surface area contributed by atoms with Crippen molar-refractivity contribution >= 4 is 5.82 Å². The van der Waals surface area contributed by atoms with Gasteiger partial charge in [0.2, 0.25) is 0 Å². The number of hydrogen-bond acceptors (Lipinski definition) is 4. The molecule has 3 rings (SSSR count). The third-order valence-electron chi connectivity index (χ3n) is 3.21. The predicted octanol–water partition coefficient (Wildman–Crippen LogP) is 2.70. The van der Waals surface area contributed by atoms with E-state index in [9.17, 15) is 0 Å². The van der Waals surface area contributed by atoms with Crippen LogP contribution >= 0.6 is 0 Å². The molecular formula is C16H17N5. The molecule has 0 aliphatic heterocycles. The number of hydrogen-bond donors (Lipinski definition) is 0. The zero-order valence-corrected chi connectivity index (χ0v) is 12.4. The van der Waals surface area contributed by atoms with Crippen LogP contribution in [-0.2, 0) is 0 Å². The summed E-state index contributed by atoms with van der Waals surface area (Å²) in [5, 5.41) is 4.57. The molecule has 0 saturated heterocycles. The van der Waals surface area contributed by atoms with Crippen molar-refractivity contribution in [1.82, 2.24) is 19.7 Å². The van der Waals surface area contributed by atoms with Crippen LogP contribution in [-0.4, -0.2) is 33.8 Å². The van der Waals surface area contributed by atoms with Gasteiger partial charge in [-0.05, 0) is 13.0 Å². The van der Waals surface area contributed by atoms with E-state index in [1.165, 1.54) is 0 Å². The minimum absolute atomic E-state index is 0.764. The second-order valence-corrected chi connectivity index (χ2v) is 5.08. The third kappa shape index (κ3) is 2.63. The Morgan fingerprint density at radius 1 is 1.00 bits per heavy atom. The highest BCUT2D eigenvalue weighted by atomic mass is 15.3. The molecule has 1 aromatic carbocycles. The third-order valence-corrected chi connectivity index (χ3v) is 3.21. The first-order chi connectivity index (χ1) is 10.1. The number of benzene rings is 1. The normalized spacial score (nSPS) is 10.6. The number of anilines is 1. The molecule has 0 amide bonds. The fraction of sp³-hybridized carbons (Fsp3) is 0.188. The highest BCUT2D eigenvalue weighted by Crippen LogP contribution is 2.23. The van der Waals surface area contributed by atoms with Gasteiger partial charge in [-0.3, -0.25) is 0 Å². The molecule has 0 N–H and O–H groups in total. The van der Waals surface area contributed by atoms with Gasteiger partial charge >= 0.3 is 0 Å². The van der Waals surface area contributed by atoms with Gasteiger partial charge in [0.25, 0.3) is 0 Å². The Morgan fingerprint density at radius 2 is 1.76 bits per heavy atom. The molecule has 0 aliphatic rings. The molecular weight excluding hydrogens is 262 g/mol. The van der Waals surface area contributed by atoms with Gasteiger partial charge in [0, 0.05) is 25.7 Å². The molecule has 2 heterocycles. The lowest BCUT2D eigenvalue weighted by Gasteiger charge is -2.12. The first kappa shape index (κ1) is 13.3. The molecule has 0 atom stereocenters. The summed E-state index contributed by atoms with van der Waals surface area (Å²) in [6, 6.07) is 14.2. The van der Waals surface area contributed by atoms with Gasteiger partial charge in [-0.2, -0.15) is 5.10 Å². The molecule has 5 nitrogen and oxygen atoms in total. The van der Waals surface area contributed by atoms with Crippen LogP contribution in [0.5, 0.6) is 0 Å². The van der Waals surface area contributed by atoms with Crippen LogP contribution in [0.15, 0.2) is 48.8 Å². The van der Waals surface area contributed by atoms with Crippen molar-refractivity contribution in [2.75, 3.05) is 19.0 Å². The van der Waals surface area contributed by atoms with Crippen molar-refractivity contribution in [2.24, 2.45) is 0 Å². The van der Waals surface area contributed by atoms with Crippen LogP contribution in [0.3, 0.4) is 0 Å². The predicted molar refractivity (Wildman–Crippen MR) is 83.7 cm³/mol. The van der Waals surface area contributed by atoms with E-state index < -0.39 is 0 Å². The van der Waals surface area contributed by atoms with Gasteiger partial charge in [-0.15, -0.1) is 0 Å². The molecule has 3 aromatic rings. The summed E-state index contributed by atoms with van der Waals surface area (Å²) in [6.45, 7) is 1.98. The van der Waals surface area contributed by atoms with Gasteiger partial charge in [0.15, 0.2) is 5.82 Å². The van der Waals surface area contributed by atoms with E-state index in [4.69, 9.17) is 0 Å². The zero-order chi connectivity index (χ0) is 14.8. The standard InChI is InChI=1S/C16H17N5/c1-12-9-14(13-7-5-4-6-8-13)21(19-12)16-10-15(20(2)3)17-11-18-16/h4-11H,1-3H3. The van der Waals surface area contributed by atoms with Crippen molar-refractivity contribution in [3.05, 3.63) is 54.5 Å². The molecule has 0 radical (unpaired) electrons. The van der Waals surface area contributed by atoms with Gasteiger partial charge in [-0.25, -0.2) is 14.6 Å². The average molecular weight is 279 g/mol. The number of aryl methyl sites for hydroxylation is 1. The maximum Gasteiger partial charge on any atom is 0.159 e. The molecule has 2 aromatic heterocycles. The highest BCUT2D eigenvalue weighted by Gasteiger charge is 2.11. The Kier molecular flexibility index (Phi) is 3.39. The van der Waals surface area contributed by atoms with Gasteiger partial charge in [0.05, 0.1) is 11.4 Å². The minimum Gasteiger partial charge on any atom is -0.363 e. The first-order valence-electron chi connectivity index (χ1n) is 6.77. The second-order valence-electron chi connectivity index (χ2n) is 5.08. The van der Waals surface area contributed by atoms with E-state index in [1.807, 2.05) is 54.9 Å². The summed E-state index contributed by atoms with van der Waals surface area (Å²) in [5.41, 5.74) is 3.10. The molecule has 0 aliphatic carbocycles. The van der Waals surface area contributed by atoms with Crippen molar-refractivity contribution in [3.63, 3.8) is 0 Å². The van der Waals surface area contributed by atoms with Crippen LogP contribution < -0.4 is 4.90 Å². The van der Waals surface area contributed by atoms with Crippen LogP contribution in [0.2, 0.25) is 0 Å². The van der Waals surface area contributed by atoms with Crippen LogP contribution in [0, 0.1) is 6.92 Å². The maximum absolute atomic E-state index is 4.57. The van der Waals surface area contributed by atoms with E-state index in [0.717, 1.165) is 28.6 Å². The van der Waals surface area contributed by atoms with Gasteiger partial charge in [0.1, 0.15) is 12.1 Å². The SMILES string of the molecule is Cc1cc(-c2ccccc2)n(-c2cc(N(C)C)ncn2)n1. The fourth-order valence-electron chi connectivity index (χ4n) is 2.19. The summed E-state index contributed by atoms with van der Waals surface area (Å²) < 4.78 is 1.86. The molecule has 5 heteroatoms. The first-order valence-corrected chi connectivity index (χ1v) is 6.77. The molecule has 21 heavy (non-hydrogen) atoms. The quantitative estimate of drug-likeness (QED) is 0.739. The van der Waals surface area contributed by atoms with Crippen molar-refractivity contribution < 1.29 is 0 Å². The molecule has 106 valence electrons. The summed E-state index contributed by atoms with van der Waals surface area (Å²) >= 11 is 0. The van der Waals surface area contributed by atoms with Gasteiger partial charge < -0.3 is 4.90 Å². The summed E-state index contributed by atoms with van der Waals surface area (Å²) in [6.07, 6.45) is 1.57. The monoisotopic (exact) mass is 279 g/mol. The maximum atomic E-state index is 4.57. The zero-order valence-electron chi connectivity index (χ0n) is 12.4. The van der Waals surface area contributed by atoms with Gasteiger partial charge in [-0.1, -0.05) is 30.3 Å². The summed E-state index contributed by atoms with van der Waals surface area (Å²) in [5.74, 6) is 1.62. The van der Waals surface area contributed by atoms with E-state index in [2.05, 4.69) is 33.3 Å². The second kappa shape index (κ2) is 5.36. The minimum atomic E-state index is 0.764. The number of nitrogens with zero attached hydrogens (tertiary/aromatic N) is 5. The number of aromatic nitrogens is 4. The molecule has 0 spiro atoms. The average Bonchev–Trinajstić information content (AvgIpc) is 2.90. The smallest absolute Gasteiger partial charge is 0.159 e. The van der Waals surface area contributed by atoms with E-state index in [1.54, 1.807) is 6.33 Å². The molecule has 0 saturated carbocycles. The Balaban J connectivity index is 2.13. The van der Waals surface area contributed by atoms with E-state index >= 15 is 0 Å². The lowest BCUT2D eigenvalue weighted by molar-refractivity contribution is 0.829. The van der Waals surface area contributed by atoms with Crippen LogP contribution in [0.25, 0.3) is 17.1 Å². The summed E-state index contributed by atoms with van der Waals surface area (Å²) in [7, 11) is 3.91. The fourth-order valence-corrected chi connectivity index (χ4v) is 2.19. The molecule has 0 unspecified atom stereocenters. The lowest BCUT2D eigenvalue weighted by atomic mass is 10.1.